The minimum atomic E-state index is -1.87. The summed E-state index contributed by atoms with van der Waals surface area (Å²) in [5, 5.41) is 68.3. The number of guanidine groups is 1. The molecule has 31 heteroatoms. The zero-order valence-electron chi connectivity index (χ0n) is 45.3. The molecule has 450 valence electrons. The minimum Gasteiger partial charge on any atom is -0.508 e. The van der Waals surface area contributed by atoms with Crippen LogP contribution >= 0.6 is 0 Å². The Bertz CT molecular complexity index is 2930. The first-order valence-corrected chi connectivity index (χ1v) is 26.4. The van der Waals surface area contributed by atoms with Gasteiger partial charge in [-0.25, -0.2) is 9.78 Å². The number of H-pyrrole nitrogens is 2. The van der Waals surface area contributed by atoms with Gasteiger partial charge in [0.1, 0.15) is 48.0 Å². The monoisotopic (exact) mass is 1160 g/mol. The molecule has 4 aromatic rings. The average Bonchev–Trinajstić information content (AvgIpc) is 4.34. The van der Waals surface area contributed by atoms with Gasteiger partial charge in [0, 0.05) is 67.8 Å². The molecule has 10 atom stereocenters. The van der Waals surface area contributed by atoms with Gasteiger partial charge in [0.25, 0.3) is 0 Å². The number of likely N-dealkylation sites (tertiary alicyclic amines) is 1. The molecule has 1 fully saturated rings. The molecule has 0 unspecified atom stereocenters. The molecule has 1 aliphatic rings. The summed E-state index contributed by atoms with van der Waals surface area (Å²) < 4.78 is 0. The molecule has 1 saturated heterocycles. The fourth-order valence-corrected chi connectivity index (χ4v) is 9.02. The molecule has 9 amide bonds. The van der Waals surface area contributed by atoms with Gasteiger partial charge in [-0.15, -0.1) is 0 Å². The SMILES string of the molecule is C[C@@H](O)[C@H](NC(=O)[C@H](Cc1c[nH]c2ccccc12)NC(=O)[C@@H]1CCCN1C(=O)[C@H](Cc1ccc(O)cc1)NC(=O)[C@H](CO)NC(=O)[C@H](CO)NC(=O)[C@H](CCCN=C(N)N)NC(=O)[C@H](CCC(N)=O)NC(=O)[C@@H](N)Cc1cnc[nH]1)C(=O)O. The Morgan fingerprint density at radius 2 is 1.31 bits per heavy atom. The van der Waals surface area contributed by atoms with Crippen molar-refractivity contribution in [3.8, 4) is 5.75 Å². The third-order valence-corrected chi connectivity index (χ3v) is 13.5. The van der Waals surface area contributed by atoms with E-state index in [1.165, 1.54) is 41.7 Å². The molecule has 1 aliphatic heterocycles. The van der Waals surface area contributed by atoms with Crippen molar-refractivity contribution in [2.24, 2.45) is 27.9 Å². The number of rotatable bonds is 32. The predicted molar refractivity (Wildman–Crippen MR) is 294 cm³/mol. The summed E-state index contributed by atoms with van der Waals surface area (Å²) in [5.41, 5.74) is 24.5. The molecule has 5 rings (SSSR count). The lowest BCUT2D eigenvalue weighted by molar-refractivity contribution is -0.145. The molecule has 3 heterocycles. The maximum absolute atomic E-state index is 14.7. The van der Waals surface area contributed by atoms with Crippen molar-refractivity contribution in [3.63, 3.8) is 0 Å². The number of aromatic hydroxyl groups is 1. The second-order valence-corrected chi connectivity index (χ2v) is 19.8. The van der Waals surface area contributed by atoms with Crippen LogP contribution in [-0.2, 0) is 67.2 Å². The smallest absolute Gasteiger partial charge is 0.328 e. The van der Waals surface area contributed by atoms with Gasteiger partial charge in [0.2, 0.25) is 53.2 Å². The molecule has 0 bridgehead atoms. The van der Waals surface area contributed by atoms with Crippen LogP contribution in [0.2, 0.25) is 0 Å². The van der Waals surface area contributed by atoms with Gasteiger partial charge in [-0.05, 0) is 68.4 Å². The summed E-state index contributed by atoms with van der Waals surface area (Å²) in [6, 6.07) is -1.30. The molecule has 31 nitrogen and oxygen atoms in total. The van der Waals surface area contributed by atoms with Gasteiger partial charge >= 0.3 is 5.97 Å². The van der Waals surface area contributed by atoms with Crippen molar-refractivity contribution in [3.05, 3.63) is 84.1 Å². The van der Waals surface area contributed by atoms with Crippen LogP contribution in [0.5, 0.6) is 5.75 Å². The number of carboxylic acid groups (broad SMARTS) is 1. The third kappa shape index (κ3) is 19.2. The van der Waals surface area contributed by atoms with Gasteiger partial charge in [-0.2, -0.15) is 0 Å². The second-order valence-electron chi connectivity index (χ2n) is 19.8. The summed E-state index contributed by atoms with van der Waals surface area (Å²) in [7, 11) is 0. The number of aliphatic imine (C=N–C) groups is 1. The number of aliphatic hydroxyl groups excluding tert-OH is 3. The van der Waals surface area contributed by atoms with Crippen LogP contribution in [0.1, 0.15) is 62.3 Å². The van der Waals surface area contributed by atoms with Gasteiger partial charge < -0.3 is 101 Å². The number of aromatic nitrogens is 3. The zero-order chi connectivity index (χ0) is 60.9. The zero-order valence-corrected chi connectivity index (χ0v) is 45.3. The van der Waals surface area contributed by atoms with Gasteiger partial charge in [0.05, 0.1) is 31.7 Å². The molecule has 2 aromatic carbocycles. The van der Waals surface area contributed by atoms with E-state index in [0.29, 0.717) is 27.7 Å². The number of hydrogen-bond acceptors (Lipinski definition) is 17. The Hall–Kier alpha value is -9.20. The number of phenolic OH excluding ortho intramolecular Hbond substituents is 1. The molecular formula is C52H72N16O15. The highest BCUT2D eigenvalue weighted by atomic mass is 16.4. The molecule has 0 saturated carbocycles. The summed E-state index contributed by atoms with van der Waals surface area (Å²) >= 11 is 0. The number of nitrogens with zero attached hydrogens (tertiary/aromatic N) is 3. The second kappa shape index (κ2) is 31.1. The Morgan fingerprint density at radius 3 is 1.90 bits per heavy atom. The lowest BCUT2D eigenvalue weighted by atomic mass is 10.0. The standard InChI is InChI=1S/C52H72N16O15/c1-26(71)42(51(82)83)67-46(77)36(19-28-21-59-33-7-3-2-6-31(28)33)63-49(80)40-9-5-17-68(40)50(81)37(18-27-10-12-30(72)13-11-27)64-47(78)38(23-69)66-48(79)39(24-70)65-44(75)34(8-4-16-58-52(55)56)62-45(76)35(14-15-41(54)73)61-43(74)32(53)20-29-22-57-25-60-29/h2-3,6-7,10-13,21-22,25-26,32,34-40,42,59,69-72H,4-5,8-9,14-20,23-24,53H2,1H3,(H2,54,73)(H,57,60)(H,61,74)(H,62,76)(H,63,80)(H,64,78)(H,65,75)(H,66,79)(H,67,77)(H,82,83)(H4,55,56,58)/t26-,32+,34+,35+,36+,37+,38+,39+,40+,42+/m1/s1. The largest absolute Gasteiger partial charge is 0.508 e. The van der Waals surface area contributed by atoms with E-state index >= 15 is 0 Å². The lowest BCUT2D eigenvalue weighted by Crippen LogP contribution is -2.61. The van der Waals surface area contributed by atoms with E-state index in [-0.39, 0.29) is 82.6 Å². The Morgan fingerprint density at radius 1 is 0.723 bits per heavy atom. The highest BCUT2D eigenvalue weighted by molar-refractivity contribution is 5.99. The van der Waals surface area contributed by atoms with E-state index in [9.17, 15) is 73.5 Å². The first-order chi connectivity index (χ1) is 39.5. The van der Waals surface area contributed by atoms with E-state index < -0.39 is 133 Å². The number of aromatic amines is 2. The topological polar surface area (TPSA) is 520 Å². The van der Waals surface area contributed by atoms with Crippen molar-refractivity contribution in [2.45, 2.75) is 125 Å². The Balaban J connectivity index is 1.32. The van der Waals surface area contributed by atoms with E-state index in [0.717, 1.165) is 6.92 Å². The first-order valence-electron chi connectivity index (χ1n) is 26.4. The number of fused-ring (bicyclic) bond motifs is 1. The van der Waals surface area contributed by atoms with Gasteiger partial charge in [0.15, 0.2) is 12.0 Å². The fraction of sp³-hybridized carbons (Fsp3) is 0.462. The quantitative estimate of drug-likeness (QED) is 0.0123. The van der Waals surface area contributed by atoms with Crippen LogP contribution in [-0.4, -0.2) is 197 Å². The molecule has 22 N–H and O–H groups in total. The van der Waals surface area contributed by atoms with Crippen LogP contribution in [0, 0.1) is 0 Å². The first kappa shape index (κ1) is 64.6. The van der Waals surface area contributed by atoms with E-state index in [1.54, 1.807) is 30.5 Å². The number of benzene rings is 2. The Labute approximate surface area is 474 Å². The molecule has 0 spiro atoms. The maximum Gasteiger partial charge on any atom is 0.328 e. The number of aliphatic carboxylic acids is 1. The maximum atomic E-state index is 14.7. The van der Waals surface area contributed by atoms with Gasteiger partial charge in [-0.1, -0.05) is 30.3 Å². The highest BCUT2D eigenvalue weighted by Crippen LogP contribution is 2.23. The van der Waals surface area contributed by atoms with Gasteiger partial charge in [-0.3, -0.25) is 48.1 Å². The number of primary amides is 1. The summed E-state index contributed by atoms with van der Waals surface area (Å²) in [6.45, 7) is -1.12. The number of amides is 9. The lowest BCUT2D eigenvalue weighted by Gasteiger charge is -2.31. The molecule has 2 aromatic heterocycles. The number of carbonyl (C=O) groups is 10. The van der Waals surface area contributed by atoms with Crippen LogP contribution < -0.4 is 60.2 Å². The minimum absolute atomic E-state index is 0.0140. The predicted octanol–water partition coefficient (Wildman–Crippen LogP) is -5.89. The van der Waals surface area contributed by atoms with Crippen LogP contribution in [0.3, 0.4) is 0 Å². The van der Waals surface area contributed by atoms with Crippen LogP contribution in [0.4, 0.5) is 0 Å². The van der Waals surface area contributed by atoms with Crippen molar-refractivity contribution in [1.82, 2.24) is 57.1 Å². The average molecular weight is 1160 g/mol. The van der Waals surface area contributed by atoms with Crippen LogP contribution in [0.15, 0.2) is 72.2 Å². The number of imidazole rings is 1. The summed E-state index contributed by atoms with van der Waals surface area (Å²) in [6.07, 6.45) is 1.90. The van der Waals surface area contributed by atoms with Crippen molar-refractivity contribution < 1.29 is 73.5 Å². The molecule has 0 radical (unpaired) electrons. The van der Waals surface area contributed by atoms with Crippen molar-refractivity contribution in [1.29, 1.82) is 0 Å². The highest BCUT2D eigenvalue weighted by Gasteiger charge is 2.41. The molecule has 0 aliphatic carbocycles. The Kier molecular flexibility index (Phi) is 24.2. The van der Waals surface area contributed by atoms with Crippen molar-refractivity contribution >= 4 is 76.0 Å². The third-order valence-electron chi connectivity index (χ3n) is 13.5. The van der Waals surface area contributed by atoms with E-state index in [1.807, 2.05) is 0 Å². The number of para-hydroxylation sites is 1. The molecule has 83 heavy (non-hydrogen) atoms. The number of nitrogens with one attached hydrogen (secondary N) is 9. The number of carbonyl (C=O) groups excluding carboxylic acids is 9. The number of phenols is 1. The fourth-order valence-electron chi connectivity index (χ4n) is 9.02. The van der Waals surface area contributed by atoms with Crippen molar-refractivity contribution in [2.75, 3.05) is 26.3 Å². The summed E-state index contributed by atoms with van der Waals surface area (Å²) in [4.78, 5) is 150. The number of nitrogens with two attached hydrogens (primary N) is 4. The van der Waals surface area contributed by atoms with E-state index in [2.05, 4.69) is 57.2 Å². The van der Waals surface area contributed by atoms with Crippen LogP contribution in [0.25, 0.3) is 10.9 Å². The summed E-state index contributed by atoms with van der Waals surface area (Å²) in [5.74, 6) is -10.6. The number of hydrogen-bond donors (Lipinski definition) is 18. The number of carboxylic acids is 1. The number of aliphatic hydroxyl groups is 3. The molecular weight excluding hydrogens is 1090 g/mol. The normalized spacial score (nSPS) is 16.3. The van der Waals surface area contributed by atoms with E-state index in [4.69, 9.17) is 22.9 Å².